The monoisotopic (exact) mass is 292 g/mol. The molecule has 1 aromatic heterocycles. The predicted molar refractivity (Wildman–Crippen MR) is 65.0 cm³/mol. The summed E-state index contributed by atoms with van der Waals surface area (Å²) >= 11 is 11.7. The Morgan fingerprint density at radius 3 is 2.39 bits per heavy atom. The van der Waals surface area contributed by atoms with Gasteiger partial charge in [0.05, 0.1) is 0 Å². The third-order valence-electron chi connectivity index (χ3n) is 2.24. The second-order valence-electron chi connectivity index (χ2n) is 3.47. The smallest absolute Gasteiger partial charge is 0.341 e. The Morgan fingerprint density at radius 2 is 1.83 bits per heavy atom. The summed E-state index contributed by atoms with van der Waals surface area (Å²) in [6, 6.07) is 6.72. The highest BCUT2D eigenvalue weighted by molar-refractivity contribution is 6.32. The van der Waals surface area contributed by atoms with E-state index >= 15 is 0 Å². The fourth-order valence-electron chi connectivity index (χ4n) is 1.49. The first-order valence-electron chi connectivity index (χ1n) is 4.95. The number of aromatic nitrogens is 2. The van der Waals surface area contributed by atoms with E-state index in [1.165, 1.54) is 6.92 Å². The summed E-state index contributed by atoms with van der Waals surface area (Å²) in [4.78, 5) is 8.36. The molecule has 0 aliphatic rings. The highest BCUT2D eigenvalue weighted by Crippen LogP contribution is 2.28. The number of aryl methyl sites for hydroxylation is 1. The summed E-state index contributed by atoms with van der Waals surface area (Å²) in [6.07, 6.45) is 0. The molecule has 1 heterocycles. The van der Waals surface area contributed by atoms with E-state index in [4.69, 9.17) is 23.2 Å². The fourth-order valence-corrected chi connectivity index (χ4v) is 1.92. The highest BCUT2D eigenvalue weighted by Gasteiger charge is 2.18. The van der Waals surface area contributed by atoms with Gasteiger partial charge in [0.15, 0.2) is 5.15 Å². The summed E-state index contributed by atoms with van der Waals surface area (Å²) in [7, 11) is 0. The molecule has 3 nitrogen and oxygen atoms in total. The minimum atomic E-state index is -2.96. The molecule has 0 radical (unpaired) electrons. The fraction of sp³-hybridized carbons (Fsp3) is 0.182. The molecule has 0 bridgehead atoms. The summed E-state index contributed by atoms with van der Waals surface area (Å²) in [6.45, 7) is -1.44. The molecule has 0 atom stereocenters. The Kier molecular flexibility index (Phi) is 3.73. The van der Waals surface area contributed by atoms with Crippen LogP contribution in [0.25, 0.3) is 11.3 Å². The maximum Gasteiger partial charge on any atom is 0.405 e. The summed E-state index contributed by atoms with van der Waals surface area (Å²) in [5.74, 6) is 0.241. The molecule has 0 N–H and O–H groups in total. The minimum Gasteiger partial charge on any atom is -0.341 e. The molecular formula is C11H8Cl2F2N2O. The van der Waals surface area contributed by atoms with E-state index in [2.05, 4.69) is 9.82 Å². The van der Waals surface area contributed by atoms with Crippen molar-refractivity contribution in [1.82, 2.24) is 9.71 Å². The molecule has 1 aromatic carbocycles. The SMILES string of the molecule is Cc1nc(-c2ccc(Cl)cc2)c(Cl)n1OC(F)F. The van der Waals surface area contributed by atoms with Crippen LogP contribution in [0.5, 0.6) is 0 Å². The van der Waals surface area contributed by atoms with Crippen LogP contribution in [-0.2, 0) is 0 Å². The number of nitrogens with zero attached hydrogens (tertiary/aromatic N) is 2. The van der Waals surface area contributed by atoms with Gasteiger partial charge in [-0.3, -0.25) is 0 Å². The number of halogens is 4. The maximum absolute atomic E-state index is 12.2. The first-order chi connectivity index (χ1) is 8.49. The van der Waals surface area contributed by atoms with E-state index < -0.39 is 6.61 Å². The molecule has 2 aromatic rings. The first kappa shape index (κ1) is 13.1. The number of benzene rings is 1. The molecule has 0 fully saturated rings. The van der Waals surface area contributed by atoms with Gasteiger partial charge >= 0.3 is 6.61 Å². The van der Waals surface area contributed by atoms with Gasteiger partial charge in [-0.05, 0) is 19.1 Å². The molecule has 96 valence electrons. The Balaban J connectivity index is 2.43. The van der Waals surface area contributed by atoms with Crippen LogP contribution in [0.15, 0.2) is 24.3 Å². The third kappa shape index (κ3) is 2.57. The molecule has 18 heavy (non-hydrogen) atoms. The second-order valence-corrected chi connectivity index (χ2v) is 4.26. The van der Waals surface area contributed by atoms with Crippen molar-refractivity contribution < 1.29 is 13.6 Å². The topological polar surface area (TPSA) is 27.1 Å². The number of hydrogen-bond acceptors (Lipinski definition) is 2. The van der Waals surface area contributed by atoms with Crippen molar-refractivity contribution in [3.8, 4) is 11.3 Å². The standard InChI is InChI=1S/C11H8Cl2F2N2O/c1-6-16-9(7-2-4-8(12)5-3-7)10(13)17(6)18-11(14)15/h2-5,11H,1H3. The van der Waals surface area contributed by atoms with Crippen molar-refractivity contribution in [2.45, 2.75) is 13.5 Å². The number of alkyl halides is 2. The lowest BCUT2D eigenvalue weighted by atomic mass is 10.2. The average molecular weight is 293 g/mol. The first-order valence-corrected chi connectivity index (χ1v) is 5.70. The Hall–Kier alpha value is -1.33. The van der Waals surface area contributed by atoms with Crippen LogP contribution in [0.2, 0.25) is 10.2 Å². The third-order valence-corrected chi connectivity index (χ3v) is 2.83. The van der Waals surface area contributed by atoms with E-state index in [9.17, 15) is 8.78 Å². The molecule has 7 heteroatoms. The predicted octanol–water partition coefficient (Wildman–Crippen LogP) is 3.82. The average Bonchev–Trinajstić information content (AvgIpc) is 2.58. The van der Waals surface area contributed by atoms with E-state index in [0.717, 1.165) is 4.73 Å². The van der Waals surface area contributed by atoms with Crippen molar-refractivity contribution >= 4 is 23.2 Å². The summed E-state index contributed by atoms with van der Waals surface area (Å²) in [5.41, 5.74) is 1.04. The van der Waals surface area contributed by atoms with Gasteiger partial charge in [0, 0.05) is 10.6 Å². The Morgan fingerprint density at radius 1 is 1.22 bits per heavy atom. The Bertz CT molecular complexity index is 555. The van der Waals surface area contributed by atoms with E-state index in [1.807, 2.05) is 0 Å². The van der Waals surface area contributed by atoms with Crippen LogP contribution in [0.3, 0.4) is 0 Å². The van der Waals surface area contributed by atoms with Gasteiger partial charge < -0.3 is 4.84 Å². The zero-order valence-electron chi connectivity index (χ0n) is 9.20. The number of rotatable bonds is 3. The number of hydrogen-bond donors (Lipinski definition) is 0. The van der Waals surface area contributed by atoms with Crippen molar-refractivity contribution in [2.75, 3.05) is 0 Å². The van der Waals surface area contributed by atoms with Crippen LogP contribution in [-0.4, -0.2) is 16.3 Å². The van der Waals surface area contributed by atoms with Crippen LogP contribution in [0, 0.1) is 6.92 Å². The lowest BCUT2D eigenvalue weighted by molar-refractivity contribution is -0.134. The van der Waals surface area contributed by atoms with Gasteiger partial charge in [-0.2, -0.15) is 13.5 Å². The largest absolute Gasteiger partial charge is 0.405 e. The van der Waals surface area contributed by atoms with Crippen LogP contribution in [0.1, 0.15) is 5.82 Å². The molecule has 0 saturated carbocycles. The van der Waals surface area contributed by atoms with E-state index in [0.29, 0.717) is 16.3 Å². The minimum absolute atomic E-state index is 0.00452. The van der Waals surface area contributed by atoms with Gasteiger partial charge in [0.25, 0.3) is 0 Å². The van der Waals surface area contributed by atoms with Gasteiger partial charge in [0.1, 0.15) is 11.5 Å². The molecule has 2 rings (SSSR count). The number of imidazole rings is 1. The zero-order valence-corrected chi connectivity index (χ0v) is 10.7. The lowest BCUT2D eigenvalue weighted by Gasteiger charge is -2.06. The lowest BCUT2D eigenvalue weighted by Crippen LogP contribution is -2.18. The summed E-state index contributed by atoms with van der Waals surface area (Å²) < 4.78 is 25.2. The highest BCUT2D eigenvalue weighted by atomic mass is 35.5. The van der Waals surface area contributed by atoms with Crippen molar-refractivity contribution in [3.63, 3.8) is 0 Å². The molecule has 0 unspecified atom stereocenters. The van der Waals surface area contributed by atoms with Crippen molar-refractivity contribution in [3.05, 3.63) is 40.3 Å². The molecule has 0 aliphatic carbocycles. The van der Waals surface area contributed by atoms with Crippen molar-refractivity contribution in [1.29, 1.82) is 0 Å². The van der Waals surface area contributed by atoms with Gasteiger partial charge in [-0.25, -0.2) is 4.98 Å². The molecule has 0 spiro atoms. The quantitative estimate of drug-likeness (QED) is 0.860. The van der Waals surface area contributed by atoms with Gasteiger partial charge in [-0.15, -0.1) is 0 Å². The summed E-state index contributed by atoms with van der Waals surface area (Å²) in [5, 5.41) is 0.560. The van der Waals surface area contributed by atoms with Gasteiger partial charge in [0.2, 0.25) is 0 Å². The van der Waals surface area contributed by atoms with E-state index in [-0.39, 0.29) is 11.0 Å². The molecular weight excluding hydrogens is 285 g/mol. The Labute approximate surface area is 112 Å². The van der Waals surface area contributed by atoms with Crippen LogP contribution in [0.4, 0.5) is 8.78 Å². The molecule has 0 saturated heterocycles. The maximum atomic E-state index is 12.2. The van der Waals surface area contributed by atoms with Crippen molar-refractivity contribution in [2.24, 2.45) is 0 Å². The van der Waals surface area contributed by atoms with Gasteiger partial charge in [-0.1, -0.05) is 35.3 Å². The second kappa shape index (κ2) is 5.12. The van der Waals surface area contributed by atoms with E-state index in [1.54, 1.807) is 24.3 Å². The zero-order chi connectivity index (χ0) is 13.3. The molecule has 0 amide bonds. The van der Waals surface area contributed by atoms with Crippen LogP contribution < -0.4 is 4.84 Å². The molecule has 0 aliphatic heterocycles. The van der Waals surface area contributed by atoms with Crippen LogP contribution >= 0.6 is 23.2 Å². The normalized spacial score (nSPS) is 11.0.